The van der Waals surface area contributed by atoms with E-state index in [1.54, 1.807) is 41.2 Å². The number of aromatic nitrogens is 2. The minimum absolute atomic E-state index is 0.0439. The summed E-state index contributed by atoms with van der Waals surface area (Å²) in [6, 6.07) is 22.0. The molecule has 1 aliphatic heterocycles. The Morgan fingerprint density at radius 1 is 0.933 bits per heavy atom. The van der Waals surface area contributed by atoms with Crippen LogP contribution >= 0.6 is 23.2 Å². The van der Waals surface area contributed by atoms with E-state index < -0.39 is 6.29 Å². The van der Waals surface area contributed by atoms with Gasteiger partial charge in [-0.25, -0.2) is 4.98 Å². The predicted octanol–water partition coefficient (Wildman–Crippen LogP) is 6.65. The smallest absolute Gasteiger partial charge is 0.224 e. The Hall–Kier alpha value is -3.93. The van der Waals surface area contributed by atoms with Crippen molar-refractivity contribution >= 4 is 52.1 Å². The fourth-order valence-corrected chi connectivity index (χ4v) is 5.42. The van der Waals surface area contributed by atoms with Crippen molar-refractivity contribution in [2.75, 3.05) is 16.4 Å². The molecular weight excluding hydrogens is 617 g/mol. The second-order valence-corrected chi connectivity index (χ2v) is 11.6. The van der Waals surface area contributed by atoms with Crippen LogP contribution in [0.5, 0.6) is 0 Å². The topological polar surface area (TPSA) is 141 Å². The molecule has 2 heterocycles. The number of benzene rings is 3. The molecule has 0 spiro atoms. The monoisotopic (exact) mass is 651 g/mol. The Kier molecular flexibility index (Phi) is 11.1. The highest BCUT2D eigenvalue weighted by Gasteiger charge is 2.33. The van der Waals surface area contributed by atoms with Gasteiger partial charge in [0, 0.05) is 30.5 Å². The molecule has 1 aliphatic rings. The number of nitrogens with two attached hydrogens (primary N) is 1. The largest absolute Gasteiger partial charge is 0.397 e. The number of carbonyl (C=O) groups is 2. The summed E-state index contributed by atoms with van der Waals surface area (Å²) in [4.78, 5) is 29.0. The molecule has 1 aromatic heterocycles. The second-order valence-electron chi connectivity index (χ2n) is 10.8. The zero-order chi connectivity index (χ0) is 31.8. The zero-order valence-corrected chi connectivity index (χ0v) is 26.0. The lowest BCUT2D eigenvalue weighted by molar-refractivity contribution is -0.252. The van der Waals surface area contributed by atoms with Crippen molar-refractivity contribution in [3.8, 4) is 0 Å². The molecule has 0 aliphatic carbocycles. The molecule has 0 unspecified atom stereocenters. The molecule has 12 heteroatoms. The van der Waals surface area contributed by atoms with Gasteiger partial charge in [0.25, 0.3) is 0 Å². The van der Waals surface area contributed by atoms with Gasteiger partial charge in [-0.15, -0.1) is 0 Å². The average Bonchev–Trinajstić information content (AvgIpc) is 3.36. The first-order valence-electron chi connectivity index (χ1n) is 14.7. The Morgan fingerprint density at radius 3 is 2.36 bits per heavy atom. The molecule has 0 radical (unpaired) electrons. The molecule has 5 N–H and O–H groups in total. The standard InChI is InChI=1S/C33H35Cl2N5O5/c34-31-32(35)40(20-37-31)18-25-17-28(22-14-12-21(19-41)13-15-22)45-33(44-25)23-6-5-7-24(16-23)38-29(42)10-3-4-11-30(43)39-27-9-2-1-8-26(27)36/h1-2,5-9,12-16,20,25,28,33,41H,3-4,10-11,17-19,36H2,(H,38,42)(H,39,43)/t25-,28+,33+/m1/s1. The van der Waals surface area contributed by atoms with Crippen LogP contribution in [0.1, 0.15) is 61.2 Å². The highest BCUT2D eigenvalue weighted by molar-refractivity contribution is 6.40. The van der Waals surface area contributed by atoms with E-state index in [1.165, 1.54) is 0 Å². The molecule has 4 aromatic rings. The van der Waals surface area contributed by atoms with Gasteiger partial charge in [0.15, 0.2) is 11.4 Å². The first-order chi connectivity index (χ1) is 21.8. The lowest BCUT2D eigenvalue weighted by atomic mass is 10.00. The van der Waals surface area contributed by atoms with Crippen LogP contribution in [0.15, 0.2) is 79.1 Å². The number of aliphatic hydroxyl groups is 1. The van der Waals surface area contributed by atoms with Crippen LogP contribution in [-0.2, 0) is 32.2 Å². The number of unbranched alkanes of at least 4 members (excludes halogenated alkanes) is 1. The molecule has 3 aromatic carbocycles. The first-order valence-corrected chi connectivity index (χ1v) is 15.5. The van der Waals surface area contributed by atoms with Crippen LogP contribution in [-0.4, -0.2) is 32.6 Å². The summed E-state index contributed by atoms with van der Waals surface area (Å²) in [7, 11) is 0. The second kappa shape index (κ2) is 15.4. The highest BCUT2D eigenvalue weighted by Crippen LogP contribution is 2.39. The fourth-order valence-electron chi connectivity index (χ4n) is 5.10. The fraction of sp³-hybridized carbons (Fsp3) is 0.303. The predicted molar refractivity (Wildman–Crippen MR) is 174 cm³/mol. The van der Waals surface area contributed by atoms with Crippen molar-refractivity contribution in [2.24, 2.45) is 0 Å². The molecule has 3 atom stereocenters. The van der Waals surface area contributed by atoms with Crippen LogP contribution < -0.4 is 16.4 Å². The Morgan fingerprint density at radius 2 is 1.67 bits per heavy atom. The van der Waals surface area contributed by atoms with Crippen molar-refractivity contribution in [3.63, 3.8) is 0 Å². The molecule has 0 bridgehead atoms. The molecule has 236 valence electrons. The number of ether oxygens (including phenoxy) is 2. The van der Waals surface area contributed by atoms with Crippen LogP contribution in [0.3, 0.4) is 0 Å². The van der Waals surface area contributed by atoms with Gasteiger partial charge in [-0.05, 0) is 48.2 Å². The average molecular weight is 653 g/mol. The van der Waals surface area contributed by atoms with Crippen LogP contribution in [0.4, 0.5) is 17.1 Å². The van der Waals surface area contributed by atoms with Gasteiger partial charge in [-0.2, -0.15) is 0 Å². The summed E-state index contributed by atoms with van der Waals surface area (Å²) in [5.74, 6) is -0.301. The van der Waals surface area contributed by atoms with Gasteiger partial charge in [-0.3, -0.25) is 9.59 Å². The number of imidazole rings is 1. The van der Waals surface area contributed by atoms with Crippen LogP contribution in [0, 0.1) is 0 Å². The normalized spacial score (nSPS) is 18.0. The quantitative estimate of drug-likeness (QED) is 0.0993. The number of amides is 2. The molecular formula is C33H35Cl2N5O5. The van der Waals surface area contributed by atoms with Gasteiger partial charge in [-0.1, -0.05) is 71.7 Å². The van der Waals surface area contributed by atoms with Crippen molar-refractivity contribution < 1.29 is 24.2 Å². The maximum absolute atomic E-state index is 12.7. The lowest BCUT2D eigenvalue weighted by Gasteiger charge is -2.36. The van der Waals surface area contributed by atoms with Crippen molar-refractivity contribution in [3.05, 3.63) is 106 Å². The van der Waals surface area contributed by atoms with Crippen molar-refractivity contribution in [1.29, 1.82) is 0 Å². The Labute approximate surface area is 271 Å². The number of rotatable bonds is 12. The molecule has 5 rings (SSSR count). The van der Waals surface area contributed by atoms with Gasteiger partial charge < -0.3 is 35.5 Å². The number of aliphatic hydroxyl groups excluding tert-OH is 1. The number of para-hydroxylation sites is 2. The summed E-state index contributed by atoms with van der Waals surface area (Å²) in [6.07, 6.45) is 2.48. The summed E-state index contributed by atoms with van der Waals surface area (Å²) in [5, 5.41) is 15.8. The summed E-state index contributed by atoms with van der Waals surface area (Å²) in [6.45, 7) is 0.370. The number of halogens is 2. The first kappa shape index (κ1) is 32.5. The minimum atomic E-state index is -0.724. The molecule has 2 amide bonds. The highest BCUT2D eigenvalue weighted by atomic mass is 35.5. The third-order valence-electron chi connectivity index (χ3n) is 7.48. The van der Waals surface area contributed by atoms with E-state index in [4.69, 9.17) is 38.4 Å². The number of hydrogen-bond donors (Lipinski definition) is 4. The van der Waals surface area contributed by atoms with E-state index in [9.17, 15) is 14.7 Å². The lowest BCUT2D eigenvalue weighted by Crippen LogP contribution is -2.32. The van der Waals surface area contributed by atoms with Gasteiger partial charge in [0.05, 0.1) is 43.1 Å². The van der Waals surface area contributed by atoms with Gasteiger partial charge >= 0.3 is 0 Å². The maximum Gasteiger partial charge on any atom is 0.224 e. The Bertz CT molecular complexity index is 1610. The third-order valence-corrected chi connectivity index (χ3v) is 8.25. The number of anilines is 3. The molecule has 45 heavy (non-hydrogen) atoms. The summed E-state index contributed by atoms with van der Waals surface area (Å²) < 4.78 is 14.5. The van der Waals surface area contributed by atoms with E-state index in [1.807, 2.05) is 42.5 Å². The summed E-state index contributed by atoms with van der Waals surface area (Å²) in [5.41, 5.74) is 10.1. The number of nitrogen functional groups attached to an aromatic ring is 1. The van der Waals surface area contributed by atoms with E-state index >= 15 is 0 Å². The molecule has 1 fully saturated rings. The minimum Gasteiger partial charge on any atom is -0.397 e. The van der Waals surface area contributed by atoms with Crippen LogP contribution in [0.2, 0.25) is 10.3 Å². The summed E-state index contributed by atoms with van der Waals surface area (Å²) >= 11 is 12.4. The van der Waals surface area contributed by atoms with E-state index in [0.29, 0.717) is 48.0 Å². The number of nitrogens with zero attached hydrogens (tertiary/aromatic N) is 2. The van der Waals surface area contributed by atoms with E-state index in [2.05, 4.69) is 15.6 Å². The van der Waals surface area contributed by atoms with Crippen molar-refractivity contribution in [2.45, 2.75) is 63.8 Å². The number of nitrogens with one attached hydrogen (secondary N) is 2. The van der Waals surface area contributed by atoms with E-state index in [-0.39, 0.29) is 48.6 Å². The SMILES string of the molecule is Nc1ccccc1NC(=O)CCCCC(=O)Nc1cccc([C@H]2O[C@@H](Cn3cnc(Cl)c3Cl)C[C@@H](c3ccc(CO)cc3)O2)c1. The van der Waals surface area contributed by atoms with Crippen LogP contribution in [0.25, 0.3) is 0 Å². The zero-order valence-electron chi connectivity index (χ0n) is 24.5. The third kappa shape index (κ3) is 8.84. The van der Waals surface area contributed by atoms with Crippen molar-refractivity contribution in [1.82, 2.24) is 9.55 Å². The van der Waals surface area contributed by atoms with E-state index in [0.717, 1.165) is 16.7 Å². The maximum atomic E-state index is 12.7. The Balaban J connectivity index is 1.19. The van der Waals surface area contributed by atoms with Gasteiger partial charge in [0.2, 0.25) is 11.8 Å². The molecule has 0 saturated carbocycles. The molecule has 1 saturated heterocycles. The molecule has 10 nitrogen and oxygen atoms in total. The van der Waals surface area contributed by atoms with Gasteiger partial charge in [0.1, 0.15) is 5.15 Å². The number of carbonyl (C=O) groups excluding carboxylic acids is 2. The number of hydrogen-bond acceptors (Lipinski definition) is 7.